The Balaban J connectivity index is 2.49. The summed E-state index contributed by atoms with van der Waals surface area (Å²) in [6, 6.07) is 10.2. The molecule has 1 atom stereocenters. The quantitative estimate of drug-likeness (QED) is 0.549. The first-order valence-electron chi connectivity index (χ1n) is 6.07. The second-order valence-corrected chi connectivity index (χ2v) is 6.55. The zero-order valence-electron chi connectivity index (χ0n) is 11.1. The molecule has 0 fully saturated rings. The van der Waals surface area contributed by atoms with Gasteiger partial charge in [0, 0.05) is 4.47 Å². The number of aryl methyl sites for hydroxylation is 3. The predicted molar refractivity (Wildman–Crippen MR) is 87.5 cm³/mol. The molecule has 1 unspecified atom stereocenters. The van der Waals surface area contributed by atoms with Crippen molar-refractivity contribution in [2.24, 2.45) is 0 Å². The number of halogens is 3. The maximum atomic E-state index is 6.65. The van der Waals surface area contributed by atoms with Crippen LogP contribution in [0.25, 0.3) is 0 Å². The molecule has 3 heteroatoms. The van der Waals surface area contributed by atoms with E-state index in [1.165, 1.54) is 22.3 Å². The second kappa shape index (κ2) is 5.87. The summed E-state index contributed by atoms with van der Waals surface area (Å²) in [5.41, 5.74) is 5.95. The minimum atomic E-state index is -0.158. The van der Waals surface area contributed by atoms with Gasteiger partial charge < -0.3 is 0 Å². The third-order valence-electron chi connectivity index (χ3n) is 3.23. The van der Waals surface area contributed by atoms with Crippen LogP contribution in [-0.4, -0.2) is 0 Å². The Morgan fingerprint density at radius 1 is 1.00 bits per heavy atom. The van der Waals surface area contributed by atoms with Gasteiger partial charge in [0.15, 0.2) is 0 Å². The fraction of sp³-hybridized carbons (Fsp3) is 0.250. The summed E-state index contributed by atoms with van der Waals surface area (Å²) in [7, 11) is 0. The maximum Gasteiger partial charge on any atom is 0.0840 e. The summed E-state index contributed by atoms with van der Waals surface area (Å²) in [5, 5.41) is 0.541. The van der Waals surface area contributed by atoms with Gasteiger partial charge >= 0.3 is 0 Å². The molecular formula is C16H15BrCl2. The first-order chi connectivity index (χ1) is 8.90. The third-order valence-corrected chi connectivity index (χ3v) is 4.91. The average Bonchev–Trinajstić information content (AvgIpc) is 2.31. The van der Waals surface area contributed by atoms with Crippen LogP contribution in [0.3, 0.4) is 0 Å². The zero-order chi connectivity index (χ0) is 14.2. The van der Waals surface area contributed by atoms with Crippen molar-refractivity contribution in [3.8, 4) is 0 Å². The smallest absolute Gasteiger partial charge is 0.0840 e. The van der Waals surface area contributed by atoms with Gasteiger partial charge in [-0.15, -0.1) is 11.6 Å². The van der Waals surface area contributed by atoms with Crippen LogP contribution in [-0.2, 0) is 0 Å². The fourth-order valence-corrected chi connectivity index (χ4v) is 3.42. The van der Waals surface area contributed by atoms with Gasteiger partial charge in [-0.2, -0.15) is 0 Å². The van der Waals surface area contributed by atoms with E-state index in [2.05, 4.69) is 48.8 Å². The molecule has 0 aliphatic rings. The van der Waals surface area contributed by atoms with E-state index in [1.807, 2.05) is 18.2 Å². The van der Waals surface area contributed by atoms with Crippen molar-refractivity contribution < 1.29 is 0 Å². The molecule has 0 amide bonds. The molecular weight excluding hydrogens is 343 g/mol. The molecule has 0 aromatic heterocycles. The summed E-state index contributed by atoms with van der Waals surface area (Å²) in [6.07, 6.45) is 0. The highest BCUT2D eigenvalue weighted by atomic mass is 79.9. The molecule has 100 valence electrons. The molecule has 0 heterocycles. The van der Waals surface area contributed by atoms with Crippen LogP contribution in [0.15, 0.2) is 34.8 Å². The molecule has 0 saturated heterocycles. The van der Waals surface area contributed by atoms with E-state index >= 15 is 0 Å². The van der Waals surface area contributed by atoms with Crippen LogP contribution >= 0.6 is 39.1 Å². The summed E-state index contributed by atoms with van der Waals surface area (Å²) in [6.45, 7) is 6.32. The normalized spacial score (nSPS) is 12.5. The second-order valence-electron chi connectivity index (χ2n) is 4.85. The van der Waals surface area contributed by atoms with Crippen molar-refractivity contribution in [3.63, 3.8) is 0 Å². The molecule has 2 rings (SSSR count). The zero-order valence-corrected chi connectivity index (χ0v) is 14.2. The molecule has 0 N–H and O–H groups in total. The van der Waals surface area contributed by atoms with Crippen molar-refractivity contribution in [1.82, 2.24) is 0 Å². The summed E-state index contributed by atoms with van der Waals surface area (Å²) < 4.78 is 0.875. The van der Waals surface area contributed by atoms with Crippen LogP contribution in [0.4, 0.5) is 0 Å². The largest absolute Gasteiger partial charge is 0.113 e. The molecule has 0 aliphatic carbocycles. The lowest BCUT2D eigenvalue weighted by Gasteiger charge is -2.17. The molecule has 0 spiro atoms. The number of benzene rings is 2. The molecule has 0 bridgehead atoms. The standard InChI is InChI=1S/C16H15BrCl2/c1-9-6-10(2)15(11(3)7-9)16(19)12-4-5-14(18)13(17)8-12/h4-8,16H,1-3H3. The number of hydrogen-bond donors (Lipinski definition) is 0. The minimum Gasteiger partial charge on any atom is -0.113 e. The van der Waals surface area contributed by atoms with E-state index in [9.17, 15) is 0 Å². The molecule has 0 radical (unpaired) electrons. The Bertz CT molecular complexity index is 597. The molecule has 0 aliphatic heterocycles. The minimum absolute atomic E-state index is 0.158. The fourth-order valence-electron chi connectivity index (χ4n) is 2.43. The van der Waals surface area contributed by atoms with Gasteiger partial charge in [0.25, 0.3) is 0 Å². The van der Waals surface area contributed by atoms with Gasteiger partial charge in [-0.05, 0) is 71.1 Å². The maximum absolute atomic E-state index is 6.65. The lowest BCUT2D eigenvalue weighted by Crippen LogP contribution is -2.00. The third kappa shape index (κ3) is 3.16. The Labute approximate surface area is 132 Å². The Hall–Kier alpha value is -0.500. The first kappa shape index (κ1) is 14.9. The Morgan fingerprint density at radius 2 is 1.58 bits per heavy atom. The summed E-state index contributed by atoms with van der Waals surface area (Å²) >= 11 is 16.1. The van der Waals surface area contributed by atoms with E-state index in [1.54, 1.807) is 0 Å². The summed E-state index contributed by atoms with van der Waals surface area (Å²) in [5.74, 6) is 0. The van der Waals surface area contributed by atoms with Gasteiger partial charge in [0.2, 0.25) is 0 Å². The highest BCUT2D eigenvalue weighted by molar-refractivity contribution is 9.10. The van der Waals surface area contributed by atoms with Gasteiger partial charge in [0.1, 0.15) is 0 Å². The van der Waals surface area contributed by atoms with Gasteiger partial charge in [-0.1, -0.05) is 35.4 Å². The van der Waals surface area contributed by atoms with Crippen molar-refractivity contribution in [2.75, 3.05) is 0 Å². The van der Waals surface area contributed by atoms with Crippen LogP contribution in [0.5, 0.6) is 0 Å². The predicted octanol–water partition coefficient (Wildman–Crippen LogP) is 6.36. The van der Waals surface area contributed by atoms with Crippen LogP contribution in [0, 0.1) is 20.8 Å². The van der Waals surface area contributed by atoms with Crippen LogP contribution in [0.2, 0.25) is 5.02 Å². The van der Waals surface area contributed by atoms with E-state index in [4.69, 9.17) is 23.2 Å². The number of hydrogen-bond acceptors (Lipinski definition) is 0. The Kier molecular flexibility index (Phi) is 4.60. The highest BCUT2D eigenvalue weighted by Gasteiger charge is 2.16. The van der Waals surface area contributed by atoms with Crippen molar-refractivity contribution >= 4 is 39.1 Å². The monoisotopic (exact) mass is 356 g/mol. The van der Waals surface area contributed by atoms with E-state index in [0.29, 0.717) is 5.02 Å². The molecule has 2 aromatic carbocycles. The lowest BCUT2D eigenvalue weighted by molar-refractivity contribution is 1.07. The van der Waals surface area contributed by atoms with Crippen molar-refractivity contribution in [2.45, 2.75) is 26.1 Å². The lowest BCUT2D eigenvalue weighted by atomic mass is 9.94. The SMILES string of the molecule is Cc1cc(C)c(C(Cl)c2ccc(Cl)c(Br)c2)c(C)c1. The molecule has 19 heavy (non-hydrogen) atoms. The Morgan fingerprint density at radius 3 is 2.11 bits per heavy atom. The van der Waals surface area contributed by atoms with Gasteiger partial charge in [-0.25, -0.2) is 0 Å². The molecule has 0 saturated carbocycles. The van der Waals surface area contributed by atoms with E-state index in [-0.39, 0.29) is 5.38 Å². The van der Waals surface area contributed by atoms with E-state index < -0.39 is 0 Å². The number of alkyl halides is 1. The molecule has 2 aromatic rings. The average molecular weight is 358 g/mol. The van der Waals surface area contributed by atoms with Crippen LogP contribution < -0.4 is 0 Å². The highest BCUT2D eigenvalue weighted by Crippen LogP contribution is 2.36. The van der Waals surface area contributed by atoms with E-state index in [0.717, 1.165) is 10.0 Å². The van der Waals surface area contributed by atoms with Gasteiger partial charge in [-0.3, -0.25) is 0 Å². The van der Waals surface area contributed by atoms with Gasteiger partial charge in [0.05, 0.1) is 10.4 Å². The van der Waals surface area contributed by atoms with Crippen molar-refractivity contribution in [3.05, 3.63) is 67.6 Å². The topological polar surface area (TPSA) is 0 Å². The molecule has 0 nitrogen and oxygen atoms in total. The summed E-state index contributed by atoms with van der Waals surface area (Å²) in [4.78, 5) is 0. The van der Waals surface area contributed by atoms with Crippen LogP contribution in [0.1, 0.15) is 33.2 Å². The number of rotatable bonds is 2. The van der Waals surface area contributed by atoms with Crippen molar-refractivity contribution in [1.29, 1.82) is 0 Å². The first-order valence-corrected chi connectivity index (χ1v) is 7.67.